The van der Waals surface area contributed by atoms with Crippen molar-refractivity contribution in [2.45, 2.75) is 12.6 Å². The molecule has 1 saturated heterocycles. The molecule has 0 N–H and O–H groups in total. The zero-order valence-corrected chi connectivity index (χ0v) is 17.1. The molecule has 0 spiro atoms. The summed E-state index contributed by atoms with van der Waals surface area (Å²) < 4.78 is 56.7. The molecule has 1 aromatic heterocycles. The number of carbonyl (C=O) groups is 1. The normalized spacial score (nSPS) is 14.7. The maximum absolute atomic E-state index is 13.0. The average Bonchev–Trinajstić information content (AvgIpc) is 2.69. The van der Waals surface area contributed by atoms with Gasteiger partial charge in [0.2, 0.25) is 5.91 Å². The topological polar surface area (TPSA) is 45.7 Å². The molecule has 30 heavy (non-hydrogen) atoms. The lowest BCUT2D eigenvalue weighted by molar-refractivity contribution is -0.138. The van der Waals surface area contributed by atoms with E-state index in [4.69, 9.17) is 27.9 Å². The Labute approximate surface area is 180 Å². The van der Waals surface area contributed by atoms with E-state index in [1.54, 1.807) is 9.80 Å². The zero-order chi connectivity index (χ0) is 21.9. The molecule has 0 aliphatic carbocycles. The fourth-order valence-corrected chi connectivity index (χ4v) is 3.49. The number of rotatable bonds is 5. The molecule has 1 fully saturated rings. The van der Waals surface area contributed by atoms with Crippen LogP contribution in [0.15, 0.2) is 30.5 Å². The first-order chi connectivity index (χ1) is 14.1. The van der Waals surface area contributed by atoms with E-state index in [0.29, 0.717) is 31.9 Å². The van der Waals surface area contributed by atoms with Gasteiger partial charge in [-0.25, -0.2) is 9.37 Å². The summed E-state index contributed by atoms with van der Waals surface area (Å²) >= 11 is 11.9. The molecular weight excluding hydrogens is 449 g/mol. The smallest absolute Gasteiger partial charge is 0.417 e. The predicted molar refractivity (Wildman–Crippen MR) is 105 cm³/mol. The fraction of sp³-hybridized carbons (Fsp3) is 0.368. The van der Waals surface area contributed by atoms with Gasteiger partial charge in [-0.1, -0.05) is 23.2 Å². The van der Waals surface area contributed by atoms with Crippen LogP contribution in [0.1, 0.15) is 12.0 Å². The van der Waals surface area contributed by atoms with Crippen LogP contribution in [0.3, 0.4) is 0 Å². The molecular formula is C19H17Cl2F4N3O2. The largest absolute Gasteiger partial charge is 0.491 e. The Balaban J connectivity index is 1.49. The number of amides is 1. The van der Waals surface area contributed by atoms with Crippen molar-refractivity contribution in [2.75, 3.05) is 37.7 Å². The lowest BCUT2D eigenvalue weighted by Crippen LogP contribution is -2.49. The molecule has 5 nitrogen and oxygen atoms in total. The second-order valence-electron chi connectivity index (χ2n) is 6.57. The van der Waals surface area contributed by atoms with Gasteiger partial charge in [-0.15, -0.1) is 0 Å². The quantitative estimate of drug-likeness (QED) is 0.602. The van der Waals surface area contributed by atoms with Crippen molar-refractivity contribution in [3.05, 3.63) is 51.9 Å². The number of ether oxygens (including phenoxy) is 1. The van der Waals surface area contributed by atoms with Crippen molar-refractivity contribution in [3.63, 3.8) is 0 Å². The van der Waals surface area contributed by atoms with Crippen LogP contribution < -0.4 is 9.64 Å². The third kappa shape index (κ3) is 5.46. The number of hydrogen-bond acceptors (Lipinski definition) is 4. The number of anilines is 1. The molecule has 2 heterocycles. The molecule has 0 bridgehead atoms. The van der Waals surface area contributed by atoms with Crippen LogP contribution in [-0.2, 0) is 11.0 Å². The van der Waals surface area contributed by atoms with Gasteiger partial charge in [-0.2, -0.15) is 13.2 Å². The molecule has 0 unspecified atom stereocenters. The standard InChI is InChI=1S/C19H17Cl2F4N3O2/c20-14-10-13(22)1-2-16(14)30-8-3-17(29)27-4-6-28(7-5-27)18-15(21)9-12(11-26-18)19(23,24)25/h1-2,9-11H,3-8H2. The van der Waals surface area contributed by atoms with Crippen molar-refractivity contribution in [1.29, 1.82) is 0 Å². The number of benzene rings is 1. The van der Waals surface area contributed by atoms with Crippen molar-refractivity contribution < 1.29 is 27.1 Å². The molecule has 1 aliphatic rings. The molecule has 162 valence electrons. The fourth-order valence-electron chi connectivity index (χ4n) is 2.98. The number of nitrogens with zero attached hydrogens (tertiary/aromatic N) is 3. The van der Waals surface area contributed by atoms with E-state index in [9.17, 15) is 22.4 Å². The van der Waals surface area contributed by atoms with E-state index >= 15 is 0 Å². The van der Waals surface area contributed by atoms with Crippen molar-refractivity contribution in [2.24, 2.45) is 0 Å². The van der Waals surface area contributed by atoms with Crippen LogP contribution in [0.2, 0.25) is 10.0 Å². The van der Waals surface area contributed by atoms with Gasteiger partial charge in [-0.05, 0) is 24.3 Å². The molecule has 1 aliphatic heterocycles. The maximum Gasteiger partial charge on any atom is 0.417 e. The van der Waals surface area contributed by atoms with Gasteiger partial charge in [0.25, 0.3) is 0 Å². The number of hydrogen-bond donors (Lipinski definition) is 0. The first-order valence-corrected chi connectivity index (χ1v) is 9.74. The lowest BCUT2D eigenvalue weighted by atomic mass is 10.2. The number of alkyl halides is 3. The first kappa shape index (κ1) is 22.4. The summed E-state index contributed by atoms with van der Waals surface area (Å²) in [5.41, 5.74) is -0.911. The molecule has 0 saturated carbocycles. The minimum absolute atomic E-state index is 0.0800. The predicted octanol–water partition coefficient (Wildman–Crippen LogP) is 4.66. The Kier molecular flexibility index (Phi) is 6.92. The summed E-state index contributed by atoms with van der Waals surface area (Å²) in [6.07, 6.45) is -3.66. The number of pyridine rings is 1. The van der Waals surface area contributed by atoms with Gasteiger partial charge in [0.05, 0.1) is 28.6 Å². The summed E-state index contributed by atoms with van der Waals surface area (Å²) in [7, 11) is 0. The summed E-state index contributed by atoms with van der Waals surface area (Å²) in [5.74, 6) is -0.0759. The maximum atomic E-state index is 13.0. The summed E-state index contributed by atoms with van der Waals surface area (Å²) in [5, 5.41) is 0.0335. The van der Waals surface area contributed by atoms with Crippen LogP contribution in [0.4, 0.5) is 23.4 Å². The van der Waals surface area contributed by atoms with Gasteiger partial charge >= 0.3 is 6.18 Å². The second kappa shape index (κ2) is 9.26. The molecule has 1 aromatic carbocycles. The average molecular weight is 466 g/mol. The minimum Gasteiger partial charge on any atom is -0.491 e. The lowest BCUT2D eigenvalue weighted by Gasteiger charge is -2.35. The SMILES string of the molecule is O=C(CCOc1ccc(F)cc1Cl)N1CCN(c2ncc(C(F)(F)F)cc2Cl)CC1. The van der Waals surface area contributed by atoms with Crippen molar-refractivity contribution >= 4 is 34.9 Å². The number of carbonyl (C=O) groups excluding carboxylic acids is 1. The third-order valence-corrected chi connectivity index (χ3v) is 5.12. The highest BCUT2D eigenvalue weighted by molar-refractivity contribution is 6.33. The van der Waals surface area contributed by atoms with E-state index in [1.165, 1.54) is 12.1 Å². The van der Waals surface area contributed by atoms with Crippen molar-refractivity contribution in [3.8, 4) is 5.75 Å². The van der Waals surface area contributed by atoms with Crippen LogP contribution in [0.5, 0.6) is 5.75 Å². The highest BCUT2D eigenvalue weighted by atomic mass is 35.5. The van der Waals surface area contributed by atoms with Gasteiger partial charge < -0.3 is 14.5 Å². The summed E-state index contributed by atoms with van der Waals surface area (Å²) in [6, 6.07) is 4.57. The Morgan fingerprint density at radius 3 is 2.40 bits per heavy atom. The highest BCUT2D eigenvalue weighted by Crippen LogP contribution is 2.33. The minimum atomic E-state index is -4.51. The molecule has 1 amide bonds. The van der Waals surface area contributed by atoms with E-state index < -0.39 is 17.6 Å². The van der Waals surface area contributed by atoms with Gasteiger partial charge in [0.1, 0.15) is 17.4 Å². The Hall–Kier alpha value is -2.26. The zero-order valence-electron chi connectivity index (χ0n) is 15.6. The van der Waals surface area contributed by atoms with Crippen LogP contribution in [0.25, 0.3) is 0 Å². The van der Waals surface area contributed by atoms with E-state index in [2.05, 4.69) is 4.98 Å². The molecule has 0 atom stereocenters. The van der Waals surface area contributed by atoms with Crippen molar-refractivity contribution in [1.82, 2.24) is 9.88 Å². The Bertz CT molecular complexity index is 919. The summed E-state index contributed by atoms with van der Waals surface area (Å²) in [4.78, 5) is 19.6. The van der Waals surface area contributed by atoms with Gasteiger partial charge in [0, 0.05) is 32.4 Å². The monoisotopic (exact) mass is 465 g/mol. The summed E-state index contributed by atoms with van der Waals surface area (Å²) in [6.45, 7) is 1.59. The van der Waals surface area contributed by atoms with Crippen LogP contribution in [0, 0.1) is 5.82 Å². The van der Waals surface area contributed by atoms with E-state index in [1.807, 2.05) is 0 Å². The molecule has 11 heteroatoms. The number of piperazine rings is 1. The Morgan fingerprint density at radius 1 is 1.10 bits per heavy atom. The van der Waals surface area contributed by atoms with Crippen LogP contribution in [-0.4, -0.2) is 48.6 Å². The number of aromatic nitrogens is 1. The number of halogens is 6. The molecule has 2 aromatic rings. The first-order valence-electron chi connectivity index (χ1n) is 8.98. The van der Waals surface area contributed by atoms with Gasteiger partial charge in [0.15, 0.2) is 0 Å². The van der Waals surface area contributed by atoms with E-state index in [-0.39, 0.29) is 34.8 Å². The van der Waals surface area contributed by atoms with Crippen LogP contribution >= 0.6 is 23.2 Å². The highest BCUT2D eigenvalue weighted by Gasteiger charge is 2.32. The van der Waals surface area contributed by atoms with E-state index in [0.717, 1.165) is 18.3 Å². The third-order valence-electron chi connectivity index (χ3n) is 4.55. The molecule has 3 rings (SSSR count). The molecule has 0 radical (unpaired) electrons. The van der Waals surface area contributed by atoms with Gasteiger partial charge in [-0.3, -0.25) is 4.79 Å². The second-order valence-corrected chi connectivity index (χ2v) is 7.38. The Morgan fingerprint density at radius 2 is 1.80 bits per heavy atom.